The third kappa shape index (κ3) is 6.65. The van der Waals surface area contributed by atoms with Crippen LogP contribution < -0.4 is 21.5 Å². The summed E-state index contributed by atoms with van der Waals surface area (Å²) in [4.78, 5) is 0. The third-order valence-corrected chi connectivity index (χ3v) is 2.81. The molecule has 20 heavy (non-hydrogen) atoms. The number of hydrogen-bond donors (Lipinski definition) is 4. The number of nitrogens with one attached hydrogen (secondary N) is 4. The van der Waals surface area contributed by atoms with Gasteiger partial charge in [-0.2, -0.15) is 0 Å². The predicted molar refractivity (Wildman–Crippen MR) is 90.9 cm³/mol. The maximum Gasteiger partial charge on any atom is 0.189 e. The number of aryl methyl sites for hydroxylation is 2. The molecule has 4 N–H and O–H groups in total. The predicted octanol–water partition coefficient (Wildman–Crippen LogP) is 1.62. The molecule has 0 amide bonds. The number of thiocarbonyl (C=S) groups is 2. The van der Waals surface area contributed by atoms with Gasteiger partial charge in [-0.15, -0.1) is 0 Å². The molecule has 1 rings (SSSR count). The molecule has 0 aliphatic rings. The van der Waals surface area contributed by atoms with E-state index in [2.05, 4.69) is 27.6 Å². The molecule has 0 saturated heterocycles. The summed E-state index contributed by atoms with van der Waals surface area (Å²) in [5, 5.41) is 6.97. The molecule has 110 valence electrons. The summed E-state index contributed by atoms with van der Waals surface area (Å²) in [5.74, 6) is 0. The van der Waals surface area contributed by atoms with Crippen molar-refractivity contribution < 1.29 is 4.74 Å². The Labute approximate surface area is 130 Å². The molecule has 0 aromatic heterocycles. The van der Waals surface area contributed by atoms with E-state index in [1.165, 1.54) is 11.1 Å². The molecular formula is C13H20N4OS2. The highest BCUT2D eigenvalue weighted by Gasteiger charge is 2.00. The number of hydrogen-bond acceptors (Lipinski definition) is 3. The van der Waals surface area contributed by atoms with Crippen molar-refractivity contribution in [3.05, 3.63) is 29.3 Å². The lowest BCUT2D eigenvalue weighted by Crippen LogP contribution is -2.48. The fourth-order valence-electron chi connectivity index (χ4n) is 1.63. The highest BCUT2D eigenvalue weighted by Crippen LogP contribution is 2.13. The minimum absolute atomic E-state index is 0.450. The van der Waals surface area contributed by atoms with Crippen molar-refractivity contribution in [3.63, 3.8) is 0 Å². The first-order valence-corrected chi connectivity index (χ1v) is 7.01. The Morgan fingerprint density at radius 3 is 2.25 bits per heavy atom. The Kier molecular flexibility index (Phi) is 7.21. The molecule has 0 aliphatic heterocycles. The van der Waals surface area contributed by atoms with Gasteiger partial charge in [-0.1, -0.05) is 6.07 Å². The maximum absolute atomic E-state index is 5.18. The summed E-state index contributed by atoms with van der Waals surface area (Å²) in [6, 6.07) is 6.15. The molecule has 5 nitrogen and oxygen atoms in total. The zero-order chi connectivity index (χ0) is 15.0. The summed E-state index contributed by atoms with van der Waals surface area (Å²) in [6.07, 6.45) is 0. The second kappa shape index (κ2) is 8.68. The highest BCUT2D eigenvalue weighted by molar-refractivity contribution is 7.80. The van der Waals surface area contributed by atoms with Crippen LogP contribution in [0.3, 0.4) is 0 Å². The largest absolute Gasteiger partial charge is 0.383 e. The lowest BCUT2D eigenvalue weighted by atomic mass is 10.1. The number of rotatable bonds is 4. The molecule has 0 fully saturated rings. The molecule has 1 aromatic rings. The van der Waals surface area contributed by atoms with Crippen molar-refractivity contribution in [1.82, 2.24) is 16.2 Å². The van der Waals surface area contributed by atoms with Crippen molar-refractivity contribution in [2.45, 2.75) is 13.8 Å². The first-order chi connectivity index (χ1) is 9.51. The Morgan fingerprint density at radius 1 is 1.05 bits per heavy atom. The highest BCUT2D eigenvalue weighted by atomic mass is 32.1. The minimum atomic E-state index is 0.450. The fourth-order valence-corrected chi connectivity index (χ4v) is 1.96. The van der Waals surface area contributed by atoms with E-state index in [0.29, 0.717) is 23.4 Å². The van der Waals surface area contributed by atoms with Gasteiger partial charge in [0.1, 0.15) is 0 Å². The topological polar surface area (TPSA) is 57.4 Å². The number of anilines is 1. The van der Waals surface area contributed by atoms with E-state index >= 15 is 0 Å². The van der Waals surface area contributed by atoms with E-state index in [4.69, 9.17) is 29.2 Å². The van der Waals surface area contributed by atoms with Crippen LogP contribution in [-0.2, 0) is 4.74 Å². The number of benzene rings is 1. The molecule has 0 spiro atoms. The normalized spacial score (nSPS) is 9.75. The van der Waals surface area contributed by atoms with Crippen molar-refractivity contribution in [3.8, 4) is 0 Å². The molecule has 0 unspecified atom stereocenters. The Balaban J connectivity index is 2.34. The summed E-state index contributed by atoms with van der Waals surface area (Å²) < 4.78 is 4.91. The van der Waals surface area contributed by atoms with Gasteiger partial charge in [-0.05, 0) is 61.5 Å². The summed E-state index contributed by atoms with van der Waals surface area (Å²) in [6.45, 7) is 5.32. The maximum atomic E-state index is 5.18. The van der Waals surface area contributed by atoms with Gasteiger partial charge in [0.25, 0.3) is 0 Å². The SMILES string of the molecule is COCCNC(=S)NNC(=S)Nc1cc(C)cc(C)c1. The number of methoxy groups -OCH3 is 1. The first-order valence-electron chi connectivity index (χ1n) is 6.19. The van der Waals surface area contributed by atoms with Crippen molar-refractivity contribution in [2.75, 3.05) is 25.6 Å². The fraction of sp³-hybridized carbons (Fsp3) is 0.385. The lowest BCUT2D eigenvalue weighted by Gasteiger charge is -2.14. The van der Waals surface area contributed by atoms with Gasteiger partial charge in [-0.25, -0.2) is 0 Å². The van der Waals surface area contributed by atoms with Crippen LogP contribution >= 0.6 is 24.4 Å². The van der Waals surface area contributed by atoms with Gasteiger partial charge < -0.3 is 15.4 Å². The number of ether oxygens (including phenoxy) is 1. The summed E-state index contributed by atoms with van der Waals surface area (Å²) >= 11 is 10.2. The van der Waals surface area contributed by atoms with Crippen LogP contribution in [-0.4, -0.2) is 30.5 Å². The molecule has 0 heterocycles. The van der Waals surface area contributed by atoms with E-state index in [-0.39, 0.29) is 0 Å². The van der Waals surface area contributed by atoms with Gasteiger partial charge in [-0.3, -0.25) is 10.9 Å². The van der Waals surface area contributed by atoms with Gasteiger partial charge in [0.2, 0.25) is 0 Å². The second-order valence-electron chi connectivity index (χ2n) is 4.33. The van der Waals surface area contributed by atoms with Gasteiger partial charge in [0.05, 0.1) is 6.61 Å². The van der Waals surface area contributed by atoms with Crippen LogP contribution in [0.15, 0.2) is 18.2 Å². The monoisotopic (exact) mass is 312 g/mol. The van der Waals surface area contributed by atoms with Gasteiger partial charge >= 0.3 is 0 Å². The second-order valence-corrected chi connectivity index (χ2v) is 5.15. The van der Waals surface area contributed by atoms with Crippen LogP contribution in [0.25, 0.3) is 0 Å². The van der Waals surface area contributed by atoms with Crippen LogP contribution in [0.2, 0.25) is 0 Å². The summed E-state index contributed by atoms with van der Waals surface area (Å²) in [5.41, 5.74) is 8.93. The van der Waals surface area contributed by atoms with Gasteiger partial charge in [0, 0.05) is 19.3 Å². The third-order valence-electron chi connectivity index (χ3n) is 2.36. The molecule has 0 radical (unpaired) electrons. The van der Waals surface area contributed by atoms with Crippen molar-refractivity contribution in [1.29, 1.82) is 0 Å². The van der Waals surface area contributed by atoms with Crippen LogP contribution in [0.5, 0.6) is 0 Å². The van der Waals surface area contributed by atoms with E-state index in [0.717, 1.165) is 5.69 Å². The van der Waals surface area contributed by atoms with Crippen molar-refractivity contribution >= 4 is 40.3 Å². The van der Waals surface area contributed by atoms with E-state index < -0.39 is 0 Å². The molecule has 0 saturated carbocycles. The average Bonchev–Trinajstić information content (AvgIpc) is 2.35. The Morgan fingerprint density at radius 2 is 1.65 bits per heavy atom. The van der Waals surface area contributed by atoms with Gasteiger partial charge in [0.15, 0.2) is 10.2 Å². The molecular weight excluding hydrogens is 292 g/mol. The smallest absolute Gasteiger partial charge is 0.189 e. The number of hydrazine groups is 1. The Hall–Kier alpha value is -1.44. The molecule has 0 atom stereocenters. The average molecular weight is 312 g/mol. The quantitative estimate of drug-likeness (QED) is 0.383. The van der Waals surface area contributed by atoms with E-state index in [9.17, 15) is 0 Å². The standard InChI is InChI=1S/C13H20N4OS2/c1-9-6-10(2)8-11(7-9)15-13(20)17-16-12(19)14-4-5-18-3/h6-8H,4-5H2,1-3H3,(H2,14,16,19)(H2,15,17,20). The molecule has 7 heteroatoms. The van der Waals surface area contributed by atoms with Crippen LogP contribution in [0.4, 0.5) is 5.69 Å². The van der Waals surface area contributed by atoms with Crippen molar-refractivity contribution in [2.24, 2.45) is 0 Å². The molecule has 1 aromatic carbocycles. The zero-order valence-electron chi connectivity index (χ0n) is 11.9. The molecule has 0 aliphatic carbocycles. The zero-order valence-corrected chi connectivity index (χ0v) is 13.5. The van der Waals surface area contributed by atoms with Crippen LogP contribution in [0.1, 0.15) is 11.1 Å². The summed E-state index contributed by atoms with van der Waals surface area (Å²) in [7, 11) is 1.64. The Bertz CT molecular complexity index is 459. The first kappa shape index (κ1) is 16.6. The van der Waals surface area contributed by atoms with Crippen LogP contribution in [0, 0.1) is 13.8 Å². The molecule has 0 bridgehead atoms. The lowest BCUT2D eigenvalue weighted by molar-refractivity contribution is 0.204. The van der Waals surface area contributed by atoms with E-state index in [1.54, 1.807) is 7.11 Å². The minimum Gasteiger partial charge on any atom is -0.383 e. The van der Waals surface area contributed by atoms with E-state index in [1.807, 2.05) is 26.0 Å².